The molecule has 0 aliphatic carbocycles. The van der Waals surface area contributed by atoms with E-state index in [1.54, 1.807) is 18.3 Å². The molecule has 2 aromatic rings. The number of nitrogens with zero attached hydrogens (tertiary/aromatic N) is 2. The number of fused-ring (bicyclic) bond motifs is 1. The fourth-order valence-electron chi connectivity index (χ4n) is 1.70. The summed E-state index contributed by atoms with van der Waals surface area (Å²) in [5.74, 6) is -0.537. The molecule has 2 rings (SSSR count). The molecule has 0 aliphatic heterocycles. The third-order valence-corrected chi connectivity index (χ3v) is 2.90. The number of imidazole rings is 1. The second-order valence-corrected chi connectivity index (χ2v) is 3.94. The van der Waals surface area contributed by atoms with Gasteiger partial charge in [-0.15, -0.1) is 0 Å². The van der Waals surface area contributed by atoms with Gasteiger partial charge in [-0.3, -0.25) is 0 Å². The van der Waals surface area contributed by atoms with Gasteiger partial charge in [-0.25, -0.2) is 9.78 Å². The Hall–Kier alpha value is -1.84. The highest BCUT2D eigenvalue weighted by Gasteiger charge is 2.11. The van der Waals surface area contributed by atoms with Crippen LogP contribution in [0.3, 0.4) is 0 Å². The van der Waals surface area contributed by atoms with Crippen molar-refractivity contribution in [1.29, 1.82) is 0 Å². The van der Waals surface area contributed by atoms with Crippen LogP contribution in [0.5, 0.6) is 0 Å². The topological polar surface area (TPSA) is 54.6 Å². The molecule has 0 saturated carbocycles. The summed E-state index contributed by atoms with van der Waals surface area (Å²) >= 11 is 0. The summed E-state index contributed by atoms with van der Waals surface area (Å²) in [6, 6.07) is 3.31. The highest BCUT2D eigenvalue weighted by molar-refractivity contribution is 5.87. The van der Waals surface area contributed by atoms with Crippen molar-refractivity contribution in [3.05, 3.63) is 35.8 Å². The van der Waals surface area contributed by atoms with Crippen LogP contribution in [0.2, 0.25) is 0 Å². The van der Waals surface area contributed by atoms with E-state index >= 15 is 0 Å². The van der Waals surface area contributed by atoms with E-state index in [4.69, 9.17) is 5.11 Å². The Bertz CT molecular complexity index is 531. The maximum atomic E-state index is 10.9. The van der Waals surface area contributed by atoms with Crippen LogP contribution in [0, 0.1) is 0 Å². The molecule has 0 saturated heterocycles. The SMILES string of the molecule is CCC(C)c1cnc2ccc(C(=O)O)cn12. The highest BCUT2D eigenvalue weighted by Crippen LogP contribution is 2.20. The molecule has 2 aromatic heterocycles. The fraction of sp³-hybridized carbons (Fsp3) is 0.333. The van der Waals surface area contributed by atoms with Gasteiger partial charge in [0.15, 0.2) is 0 Å². The predicted molar refractivity (Wildman–Crippen MR) is 60.9 cm³/mol. The van der Waals surface area contributed by atoms with Gasteiger partial charge < -0.3 is 9.51 Å². The van der Waals surface area contributed by atoms with Gasteiger partial charge >= 0.3 is 5.97 Å². The van der Waals surface area contributed by atoms with Crippen molar-refractivity contribution in [2.75, 3.05) is 0 Å². The largest absolute Gasteiger partial charge is 0.478 e. The Morgan fingerprint density at radius 2 is 2.31 bits per heavy atom. The first-order valence-corrected chi connectivity index (χ1v) is 5.33. The number of carbonyl (C=O) groups is 1. The van der Waals surface area contributed by atoms with Crippen LogP contribution < -0.4 is 0 Å². The van der Waals surface area contributed by atoms with Crippen LogP contribution in [0.4, 0.5) is 0 Å². The number of pyridine rings is 1. The lowest BCUT2D eigenvalue weighted by Gasteiger charge is -2.08. The zero-order chi connectivity index (χ0) is 11.7. The third kappa shape index (κ3) is 1.66. The van der Waals surface area contributed by atoms with E-state index in [2.05, 4.69) is 18.8 Å². The van der Waals surface area contributed by atoms with Gasteiger partial charge in [0.1, 0.15) is 5.65 Å². The molecule has 0 spiro atoms. The van der Waals surface area contributed by atoms with Crippen molar-refractivity contribution >= 4 is 11.6 Å². The maximum Gasteiger partial charge on any atom is 0.337 e. The minimum Gasteiger partial charge on any atom is -0.478 e. The number of carboxylic acid groups (broad SMARTS) is 1. The van der Waals surface area contributed by atoms with Crippen molar-refractivity contribution in [1.82, 2.24) is 9.38 Å². The van der Waals surface area contributed by atoms with Crippen molar-refractivity contribution in [3.63, 3.8) is 0 Å². The van der Waals surface area contributed by atoms with Crippen LogP contribution in [0.25, 0.3) is 5.65 Å². The number of aromatic carboxylic acids is 1. The van der Waals surface area contributed by atoms with Gasteiger partial charge in [0.25, 0.3) is 0 Å². The monoisotopic (exact) mass is 218 g/mol. The Morgan fingerprint density at radius 3 is 2.94 bits per heavy atom. The zero-order valence-electron chi connectivity index (χ0n) is 9.34. The van der Waals surface area contributed by atoms with E-state index in [9.17, 15) is 4.79 Å². The quantitative estimate of drug-likeness (QED) is 0.861. The minimum absolute atomic E-state index is 0.287. The average Bonchev–Trinajstić information content (AvgIpc) is 2.70. The molecule has 4 nitrogen and oxygen atoms in total. The summed E-state index contributed by atoms with van der Waals surface area (Å²) in [7, 11) is 0. The lowest BCUT2D eigenvalue weighted by atomic mass is 10.1. The standard InChI is InChI=1S/C12H14N2O2/c1-3-8(2)10-6-13-11-5-4-9(12(15)16)7-14(10)11/h4-8H,3H2,1-2H3,(H,15,16). The van der Waals surface area contributed by atoms with Crippen LogP contribution in [-0.4, -0.2) is 20.5 Å². The summed E-state index contributed by atoms with van der Waals surface area (Å²) in [5.41, 5.74) is 2.14. The van der Waals surface area contributed by atoms with E-state index in [1.165, 1.54) is 0 Å². The Balaban J connectivity index is 2.60. The molecule has 1 atom stereocenters. The number of hydrogen-bond acceptors (Lipinski definition) is 2. The normalized spacial score (nSPS) is 12.9. The highest BCUT2D eigenvalue weighted by atomic mass is 16.4. The van der Waals surface area contributed by atoms with Crippen LogP contribution in [0.1, 0.15) is 42.2 Å². The summed E-state index contributed by atoms with van der Waals surface area (Å²) < 4.78 is 1.86. The van der Waals surface area contributed by atoms with Gasteiger partial charge in [0.05, 0.1) is 5.56 Å². The first kappa shape index (κ1) is 10.7. The molecular weight excluding hydrogens is 204 g/mol. The smallest absolute Gasteiger partial charge is 0.337 e. The minimum atomic E-state index is -0.911. The molecule has 0 radical (unpaired) electrons. The summed E-state index contributed by atoms with van der Waals surface area (Å²) in [6.07, 6.45) is 4.45. The molecule has 0 aromatic carbocycles. The second-order valence-electron chi connectivity index (χ2n) is 3.94. The van der Waals surface area contributed by atoms with E-state index in [1.807, 2.05) is 10.6 Å². The second kappa shape index (κ2) is 3.96. The Kier molecular flexibility index (Phi) is 2.64. The van der Waals surface area contributed by atoms with E-state index < -0.39 is 5.97 Å². The Morgan fingerprint density at radius 1 is 1.56 bits per heavy atom. The van der Waals surface area contributed by atoms with E-state index in [-0.39, 0.29) is 5.56 Å². The summed E-state index contributed by atoms with van der Waals surface area (Å²) in [5, 5.41) is 8.93. The number of aromatic nitrogens is 2. The third-order valence-electron chi connectivity index (χ3n) is 2.90. The summed E-state index contributed by atoms with van der Waals surface area (Å²) in [4.78, 5) is 15.1. The molecule has 0 aliphatic rings. The number of carboxylic acids is 1. The number of hydrogen-bond donors (Lipinski definition) is 1. The molecule has 0 amide bonds. The van der Waals surface area contributed by atoms with Gasteiger partial charge in [-0.05, 0) is 24.5 Å². The fourth-order valence-corrected chi connectivity index (χ4v) is 1.70. The van der Waals surface area contributed by atoms with E-state index in [0.717, 1.165) is 17.8 Å². The first-order valence-electron chi connectivity index (χ1n) is 5.33. The van der Waals surface area contributed by atoms with Crippen LogP contribution >= 0.6 is 0 Å². The molecule has 4 heteroatoms. The van der Waals surface area contributed by atoms with Gasteiger partial charge in [-0.2, -0.15) is 0 Å². The maximum absolute atomic E-state index is 10.9. The predicted octanol–water partition coefficient (Wildman–Crippen LogP) is 2.55. The van der Waals surface area contributed by atoms with E-state index in [0.29, 0.717) is 5.92 Å². The lowest BCUT2D eigenvalue weighted by molar-refractivity contribution is 0.0696. The lowest BCUT2D eigenvalue weighted by Crippen LogP contribution is -2.02. The summed E-state index contributed by atoms with van der Waals surface area (Å²) in [6.45, 7) is 4.21. The van der Waals surface area contributed by atoms with Gasteiger partial charge in [-0.1, -0.05) is 13.8 Å². The van der Waals surface area contributed by atoms with Crippen molar-refractivity contribution in [2.45, 2.75) is 26.2 Å². The molecule has 0 bridgehead atoms. The van der Waals surface area contributed by atoms with Crippen molar-refractivity contribution in [2.24, 2.45) is 0 Å². The van der Waals surface area contributed by atoms with Gasteiger partial charge in [0, 0.05) is 18.1 Å². The molecule has 84 valence electrons. The zero-order valence-corrected chi connectivity index (χ0v) is 9.34. The van der Waals surface area contributed by atoms with Crippen LogP contribution in [0.15, 0.2) is 24.5 Å². The average molecular weight is 218 g/mol. The first-order chi connectivity index (χ1) is 7.63. The molecule has 1 unspecified atom stereocenters. The molecule has 2 heterocycles. The molecule has 16 heavy (non-hydrogen) atoms. The molecule has 0 fully saturated rings. The van der Waals surface area contributed by atoms with Crippen molar-refractivity contribution < 1.29 is 9.90 Å². The number of rotatable bonds is 3. The molecule has 1 N–H and O–H groups in total. The van der Waals surface area contributed by atoms with Crippen molar-refractivity contribution in [3.8, 4) is 0 Å². The Labute approximate surface area is 93.5 Å². The molecular formula is C12H14N2O2. The van der Waals surface area contributed by atoms with Crippen LogP contribution in [-0.2, 0) is 0 Å². The van der Waals surface area contributed by atoms with Gasteiger partial charge in [0.2, 0.25) is 0 Å².